The van der Waals surface area contributed by atoms with Gasteiger partial charge in [-0.3, -0.25) is 4.68 Å². The summed E-state index contributed by atoms with van der Waals surface area (Å²) >= 11 is 0. The summed E-state index contributed by atoms with van der Waals surface area (Å²) in [6.07, 6.45) is 3.84. The maximum Gasteiger partial charge on any atom is 0.124 e. The van der Waals surface area contributed by atoms with Crippen molar-refractivity contribution in [3.05, 3.63) is 47.3 Å². The van der Waals surface area contributed by atoms with Gasteiger partial charge >= 0.3 is 0 Å². The summed E-state index contributed by atoms with van der Waals surface area (Å²) in [6.45, 7) is 7.46. The molecule has 0 saturated carbocycles. The van der Waals surface area contributed by atoms with Crippen LogP contribution in [0.3, 0.4) is 0 Å². The molecule has 4 heteroatoms. The van der Waals surface area contributed by atoms with E-state index in [1.54, 1.807) is 0 Å². The molecule has 4 nitrogen and oxygen atoms in total. The van der Waals surface area contributed by atoms with Gasteiger partial charge in [0, 0.05) is 29.9 Å². The number of hydrogen-bond acceptors (Lipinski definition) is 3. The van der Waals surface area contributed by atoms with Crippen LogP contribution in [0.1, 0.15) is 36.6 Å². The third-order valence-corrected chi connectivity index (χ3v) is 3.06. The summed E-state index contributed by atoms with van der Waals surface area (Å²) < 4.78 is 7.78. The molecule has 0 amide bonds. The molecule has 0 aliphatic rings. The molecule has 0 fully saturated rings. The lowest BCUT2D eigenvalue weighted by Gasteiger charge is -2.14. The highest BCUT2D eigenvalue weighted by Gasteiger charge is 2.09. The molecular weight excluding hydrogens is 238 g/mol. The quantitative estimate of drug-likeness (QED) is 0.898. The van der Waals surface area contributed by atoms with Crippen LogP contribution in [0.4, 0.5) is 0 Å². The van der Waals surface area contributed by atoms with Crippen LogP contribution in [0.2, 0.25) is 0 Å². The number of ether oxygens (including phenoxy) is 1. The second kappa shape index (κ2) is 5.89. The molecule has 2 N–H and O–H groups in total. The number of nitrogens with zero attached hydrogens (tertiary/aromatic N) is 2. The van der Waals surface area contributed by atoms with Gasteiger partial charge in [-0.2, -0.15) is 5.10 Å². The Labute approximate surface area is 114 Å². The zero-order valence-electron chi connectivity index (χ0n) is 11.8. The van der Waals surface area contributed by atoms with Crippen molar-refractivity contribution < 1.29 is 4.74 Å². The Morgan fingerprint density at radius 2 is 2.21 bits per heavy atom. The van der Waals surface area contributed by atoms with Crippen LogP contribution in [0, 0.1) is 6.92 Å². The topological polar surface area (TPSA) is 53.1 Å². The standard InChI is InChI=1S/C15H21N3O/c1-4-18-9-13(8-17-18)10-19-15-7-11(2)5-6-14(15)12(3)16/h5-9,12H,4,10,16H2,1-3H3/t12-/m0/s1. The van der Waals surface area contributed by atoms with Gasteiger partial charge in [-0.05, 0) is 32.4 Å². The molecule has 0 aliphatic carbocycles. The minimum atomic E-state index is -0.0334. The van der Waals surface area contributed by atoms with Gasteiger partial charge < -0.3 is 10.5 Å². The second-order valence-electron chi connectivity index (χ2n) is 4.82. The number of hydrogen-bond donors (Lipinski definition) is 1. The number of aromatic nitrogens is 2. The average Bonchev–Trinajstić information content (AvgIpc) is 2.84. The number of rotatable bonds is 5. The maximum absolute atomic E-state index is 5.96. The fourth-order valence-corrected chi connectivity index (χ4v) is 1.96. The Kier molecular flexibility index (Phi) is 4.22. The van der Waals surface area contributed by atoms with E-state index < -0.39 is 0 Å². The third kappa shape index (κ3) is 3.35. The molecule has 19 heavy (non-hydrogen) atoms. The minimum absolute atomic E-state index is 0.0334. The summed E-state index contributed by atoms with van der Waals surface area (Å²) in [4.78, 5) is 0. The molecule has 0 aliphatic heterocycles. The molecule has 102 valence electrons. The molecule has 2 rings (SSSR count). The predicted octanol–water partition coefficient (Wildman–Crippen LogP) is 2.81. The fraction of sp³-hybridized carbons (Fsp3) is 0.400. The molecular formula is C15H21N3O. The average molecular weight is 259 g/mol. The Morgan fingerprint density at radius 3 is 2.84 bits per heavy atom. The molecule has 0 saturated heterocycles. The first-order valence-electron chi connectivity index (χ1n) is 6.60. The Morgan fingerprint density at radius 1 is 1.42 bits per heavy atom. The van der Waals surface area contributed by atoms with E-state index >= 15 is 0 Å². The molecule has 1 heterocycles. The van der Waals surface area contributed by atoms with Gasteiger partial charge in [-0.1, -0.05) is 12.1 Å². The lowest BCUT2D eigenvalue weighted by Crippen LogP contribution is -2.08. The molecule has 0 radical (unpaired) electrons. The van der Waals surface area contributed by atoms with Gasteiger partial charge in [0.2, 0.25) is 0 Å². The lowest BCUT2D eigenvalue weighted by atomic mass is 10.1. The second-order valence-corrected chi connectivity index (χ2v) is 4.82. The van der Waals surface area contributed by atoms with Crippen LogP contribution >= 0.6 is 0 Å². The van der Waals surface area contributed by atoms with Crippen LogP contribution in [0.5, 0.6) is 5.75 Å². The number of nitrogens with two attached hydrogens (primary N) is 1. The van der Waals surface area contributed by atoms with E-state index in [2.05, 4.69) is 18.1 Å². The Bertz CT molecular complexity index is 546. The lowest BCUT2D eigenvalue weighted by molar-refractivity contribution is 0.301. The number of aryl methyl sites for hydroxylation is 2. The van der Waals surface area contributed by atoms with Gasteiger partial charge in [-0.15, -0.1) is 0 Å². The molecule has 0 bridgehead atoms. The zero-order chi connectivity index (χ0) is 13.8. The van der Waals surface area contributed by atoms with Crippen molar-refractivity contribution in [2.24, 2.45) is 5.73 Å². The predicted molar refractivity (Wildman–Crippen MR) is 76.0 cm³/mol. The zero-order valence-corrected chi connectivity index (χ0v) is 11.8. The van der Waals surface area contributed by atoms with Crippen molar-refractivity contribution in [3.63, 3.8) is 0 Å². The first-order valence-corrected chi connectivity index (χ1v) is 6.60. The summed E-state index contributed by atoms with van der Waals surface area (Å²) in [5, 5.41) is 4.23. The minimum Gasteiger partial charge on any atom is -0.488 e. The molecule has 1 aromatic heterocycles. The van der Waals surface area contributed by atoms with Crippen molar-refractivity contribution in [1.29, 1.82) is 0 Å². The summed E-state index contributed by atoms with van der Waals surface area (Å²) in [5.74, 6) is 0.860. The van der Waals surface area contributed by atoms with Crippen molar-refractivity contribution >= 4 is 0 Å². The first kappa shape index (κ1) is 13.6. The van der Waals surface area contributed by atoms with Crippen LogP contribution in [0.25, 0.3) is 0 Å². The highest BCUT2D eigenvalue weighted by atomic mass is 16.5. The summed E-state index contributed by atoms with van der Waals surface area (Å²) in [5.41, 5.74) is 9.24. The van der Waals surface area contributed by atoms with Gasteiger partial charge in [0.15, 0.2) is 0 Å². The van der Waals surface area contributed by atoms with Gasteiger partial charge in [0.25, 0.3) is 0 Å². The van der Waals surface area contributed by atoms with E-state index in [-0.39, 0.29) is 6.04 Å². The summed E-state index contributed by atoms with van der Waals surface area (Å²) in [7, 11) is 0. The van der Waals surface area contributed by atoms with E-state index in [0.717, 1.165) is 23.4 Å². The SMILES string of the molecule is CCn1cc(COc2cc(C)ccc2[C@H](C)N)cn1. The largest absolute Gasteiger partial charge is 0.488 e. The van der Waals surface area contributed by atoms with Crippen molar-refractivity contribution in [1.82, 2.24) is 9.78 Å². The highest BCUT2D eigenvalue weighted by Crippen LogP contribution is 2.25. The highest BCUT2D eigenvalue weighted by molar-refractivity contribution is 5.39. The normalized spacial score (nSPS) is 12.4. The first-order chi connectivity index (χ1) is 9.10. The van der Waals surface area contributed by atoms with Crippen LogP contribution in [0.15, 0.2) is 30.6 Å². The molecule has 0 spiro atoms. The molecule has 1 aromatic carbocycles. The van der Waals surface area contributed by atoms with Crippen LogP contribution in [-0.2, 0) is 13.2 Å². The Balaban J connectivity index is 2.12. The van der Waals surface area contributed by atoms with E-state index in [9.17, 15) is 0 Å². The van der Waals surface area contributed by atoms with Crippen molar-refractivity contribution in [3.8, 4) is 5.75 Å². The van der Waals surface area contributed by atoms with Gasteiger partial charge in [0.1, 0.15) is 12.4 Å². The van der Waals surface area contributed by atoms with Crippen LogP contribution in [-0.4, -0.2) is 9.78 Å². The number of benzene rings is 1. The van der Waals surface area contributed by atoms with Crippen molar-refractivity contribution in [2.75, 3.05) is 0 Å². The van der Waals surface area contributed by atoms with E-state index in [4.69, 9.17) is 10.5 Å². The van der Waals surface area contributed by atoms with Gasteiger partial charge in [-0.25, -0.2) is 0 Å². The molecule has 2 aromatic rings. The third-order valence-electron chi connectivity index (χ3n) is 3.06. The summed E-state index contributed by atoms with van der Waals surface area (Å²) in [6, 6.07) is 6.09. The Hall–Kier alpha value is -1.81. The van der Waals surface area contributed by atoms with E-state index in [0.29, 0.717) is 6.61 Å². The fourth-order valence-electron chi connectivity index (χ4n) is 1.96. The van der Waals surface area contributed by atoms with Crippen LogP contribution < -0.4 is 10.5 Å². The molecule has 0 unspecified atom stereocenters. The van der Waals surface area contributed by atoms with E-state index in [1.165, 1.54) is 5.56 Å². The smallest absolute Gasteiger partial charge is 0.124 e. The van der Waals surface area contributed by atoms with Gasteiger partial charge in [0.05, 0.1) is 6.20 Å². The van der Waals surface area contributed by atoms with E-state index in [1.807, 2.05) is 43.1 Å². The molecule has 1 atom stereocenters. The monoisotopic (exact) mass is 259 g/mol. The maximum atomic E-state index is 5.96. The van der Waals surface area contributed by atoms with Crippen molar-refractivity contribution in [2.45, 2.75) is 40.0 Å².